The molecule has 0 N–H and O–H groups in total. The SMILES string of the molecule is CN1C(=O)C(=O)N(CCS)C1=O. The van der Waals surface area contributed by atoms with Crippen LogP contribution in [-0.4, -0.2) is 47.0 Å². The second kappa shape index (κ2) is 3.14. The molecule has 0 spiro atoms. The lowest BCUT2D eigenvalue weighted by Crippen LogP contribution is -2.33. The number of urea groups is 1. The third-order valence-corrected chi connectivity index (χ3v) is 1.77. The maximum Gasteiger partial charge on any atom is 0.333 e. The Hall–Kier alpha value is -1.04. The van der Waals surface area contributed by atoms with Crippen LogP contribution in [0.1, 0.15) is 0 Å². The average Bonchev–Trinajstić information content (AvgIpc) is 2.23. The quantitative estimate of drug-likeness (QED) is 0.355. The van der Waals surface area contributed by atoms with Gasteiger partial charge in [0.2, 0.25) is 0 Å². The van der Waals surface area contributed by atoms with E-state index in [-0.39, 0.29) is 6.54 Å². The van der Waals surface area contributed by atoms with E-state index in [1.807, 2.05) is 0 Å². The lowest BCUT2D eigenvalue weighted by Gasteiger charge is -2.09. The second-order valence-corrected chi connectivity index (χ2v) is 2.77. The third kappa shape index (κ3) is 1.18. The summed E-state index contributed by atoms with van der Waals surface area (Å²) in [5, 5.41) is 0. The highest BCUT2D eigenvalue weighted by atomic mass is 32.1. The van der Waals surface area contributed by atoms with Crippen molar-refractivity contribution in [2.24, 2.45) is 0 Å². The summed E-state index contributed by atoms with van der Waals surface area (Å²) in [5.74, 6) is -1.18. The van der Waals surface area contributed by atoms with E-state index in [1.54, 1.807) is 0 Å². The predicted octanol–water partition coefficient (Wildman–Crippen LogP) is -0.663. The zero-order valence-electron chi connectivity index (χ0n) is 6.48. The lowest BCUT2D eigenvalue weighted by atomic mass is 10.5. The summed E-state index contributed by atoms with van der Waals surface area (Å²) in [5.41, 5.74) is 0. The van der Waals surface area contributed by atoms with Gasteiger partial charge in [-0.1, -0.05) is 0 Å². The topological polar surface area (TPSA) is 57.7 Å². The van der Waals surface area contributed by atoms with E-state index in [0.29, 0.717) is 5.75 Å². The van der Waals surface area contributed by atoms with E-state index < -0.39 is 17.8 Å². The van der Waals surface area contributed by atoms with Crippen molar-refractivity contribution in [1.29, 1.82) is 0 Å². The Morgan fingerprint density at radius 3 is 2.17 bits per heavy atom. The van der Waals surface area contributed by atoms with E-state index >= 15 is 0 Å². The predicted molar refractivity (Wildman–Crippen MR) is 43.7 cm³/mol. The first-order valence-electron chi connectivity index (χ1n) is 3.34. The molecule has 0 unspecified atom stereocenters. The normalized spacial score (nSPS) is 18.0. The smallest absolute Gasteiger partial charge is 0.263 e. The molecule has 1 heterocycles. The lowest BCUT2D eigenvalue weighted by molar-refractivity contribution is -0.142. The molecule has 12 heavy (non-hydrogen) atoms. The van der Waals surface area contributed by atoms with Crippen LogP contribution in [0.15, 0.2) is 0 Å². The number of carbonyl (C=O) groups excluding carboxylic acids is 3. The zero-order valence-corrected chi connectivity index (χ0v) is 7.38. The molecule has 0 saturated carbocycles. The Morgan fingerprint density at radius 2 is 1.83 bits per heavy atom. The Kier molecular flexibility index (Phi) is 2.37. The van der Waals surface area contributed by atoms with Crippen LogP contribution in [0.2, 0.25) is 0 Å². The zero-order chi connectivity index (χ0) is 9.30. The minimum Gasteiger partial charge on any atom is -0.263 e. The Morgan fingerprint density at radius 1 is 1.25 bits per heavy atom. The molecule has 6 heteroatoms. The summed E-state index contributed by atoms with van der Waals surface area (Å²) in [7, 11) is 1.28. The first-order valence-corrected chi connectivity index (χ1v) is 3.97. The molecule has 0 aliphatic carbocycles. The molecular formula is C6H8N2O3S. The number of hydrogen-bond donors (Lipinski definition) is 1. The van der Waals surface area contributed by atoms with Crippen molar-refractivity contribution in [3.63, 3.8) is 0 Å². The van der Waals surface area contributed by atoms with Crippen molar-refractivity contribution >= 4 is 30.5 Å². The number of imide groups is 2. The van der Waals surface area contributed by atoms with Gasteiger partial charge in [-0.05, 0) is 0 Å². The molecule has 1 saturated heterocycles. The first kappa shape index (κ1) is 9.05. The van der Waals surface area contributed by atoms with Gasteiger partial charge in [0.05, 0.1) is 0 Å². The molecule has 66 valence electrons. The van der Waals surface area contributed by atoms with Gasteiger partial charge < -0.3 is 0 Å². The van der Waals surface area contributed by atoms with Gasteiger partial charge in [-0.3, -0.25) is 19.4 Å². The van der Waals surface area contributed by atoms with Crippen molar-refractivity contribution in [3.8, 4) is 0 Å². The van der Waals surface area contributed by atoms with Gasteiger partial charge in [0, 0.05) is 19.3 Å². The Bertz CT molecular complexity index is 253. The molecule has 0 atom stereocenters. The molecule has 0 radical (unpaired) electrons. The van der Waals surface area contributed by atoms with Gasteiger partial charge in [-0.15, -0.1) is 0 Å². The minimum absolute atomic E-state index is 0.177. The number of likely N-dealkylation sites (N-methyl/N-ethyl adjacent to an activating group) is 1. The van der Waals surface area contributed by atoms with Crippen LogP contribution < -0.4 is 0 Å². The van der Waals surface area contributed by atoms with Crippen LogP contribution in [0.25, 0.3) is 0 Å². The van der Waals surface area contributed by atoms with E-state index in [0.717, 1.165) is 9.80 Å². The molecule has 1 aliphatic rings. The maximum absolute atomic E-state index is 11.1. The molecular weight excluding hydrogens is 180 g/mol. The molecule has 1 rings (SSSR count). The van der Waals surface area contributed by atoms with Crippen LogP contribution >= 0.6 is 12.6 Å². The van der Waals surface area contributed by atoms with E-state index in [4.69, 9.17) is 0 Å². The molecule has 4 amide bonds. The van der Waals surface area contributed by atoms with Gasteiger partial charge in [0.25, 0.3) is 0 Å². The highest BCUT2D eigenvalue weighted by Gasteiger charge is 2.41. The fourth-order valence-electron chi connectivity index (χ4n) is 0.911. The summed E-state index contributed by atoms with van der Waals surface area (Å²) >= 11 is 3.86. The fraction of sp³-hybridized carbons (Fsp3) is 0.500. The van der Waals surface area contributed by atoms with Gasteiger partial charge in [0.1, 0.15) is 0 Å². The molecule has 0 aromatic heterocycles. The van der Waals surface area contributed by atoms with Crippen LogP contribution in [0.5, 0.6) is 0 Å². The minimum atomic E-state index is -0.776. The number of thiol groups is 1. The molecule has 0 aromatic carbocycles. The van der Waals surface area contributed by atoms with Crippen molar-refractivity contribution in [2.75, 3.05) is 19.3 Å². The molecule has 1 fully saturated rings. The number of rotatable bonds is 2. The van der Waals surface area contributed by atoms with E-state index in [2.05, 4.69) is 12.6 Å². The van der Waals surface area contributed by atoms with Gasteiger partial charge >= 0.3 is 17.8 Å². The Labute approximate surface area is 74.7 Å². The fourth-order valence-corrected chi connectivity index (χ4v) is 1.11. The summed E-state index contributed by atoms with van der Waals surface area (Å²) in [6, 6.07) is -0.570. The van der Waals surface area contributed by atoms with Crippen LogP contribution in [0.4, 0.5) is 4.79 Å². The highest BCUT2D eigenvalue weighted by molar-refractivity contribution is 7.80. The number of nitrogens with zero attached hydrogens (tertiary/aromatic N) is 2. The highest BCUT2D eigenvalue weighted by Crippen LogP contribution is 2.08. The second-order valence-electron chi connectivity index (χ2n) is 2.33. The van der Waals surface area contributed by atoms with Gasteiger partial charge in [0.15, 0.2) is 0 Å². The van der Waals surface area contributed by atoms with Crippen molar-refractivity contribution in [1.82, 2.24) is 9.80 Å². The average molecular weight is 188 g/mol. The summed E-state index contributed by atoms with van der Waals surface area (Å²) < 4.78 is 0. The van der Waals surface area contributed by atoms with Crippen LogP contribution in [0, 0.1) is 0 Å². The van der Waals surface area contributed by atoms with Crippen LogP contribution in [-0.2, 0) is 9.59 Å². The number of amides is 4. The molecule has 1 aliphatic heterocycles. The number of hydrogen-bond acceptors (Lipinski definition) is 4. The summed E-state index contributed by atoms with van der Waals surface area (Å²) in [6.45, 7) is 0.177. The van der Waals surface area contributed by atoms with Gasteiger partial charge in [-0.2, -0.15) is 12.6 Å². The maximum atomic E-state index is 11.1. The van der Waals surface area contributed by atoms with Crippen molar-refractivity contribution in [2.45, 2.75) is 0 Å². The largest absolute Gasteiger partial charge is 0.333 e. The van der Waals surface area contributed by atoms with Crippen molar-refractivity contribution in [3.05, 3.63) is 0 Å². The van der Waals surface area contributed by atoms with Gasteiger partial charge in [-0.25, -0.2) is 4.79 Å². The summed E-state index contributed by atoms with van der Waals surface area (Å²) in [4.78, 5) is 34.7. The molecule has 0 bridgehead atoms. The van der Waals surface area contributed by atoms with E-state index in [9.17, 15) is 14.4 Å². The Balaban J connectivity index is 2.84. The monoisotopic (exact) mass is 188 g/mol. The standard InChI is InChI=1S/C6H8N2O3S/c1-7-4(9)5(10)8(2-3-12)6(7)11/h12H,2-3H2,1H3. The van der Waals surface area contributed by atoms with Crippen LogP contribution in [0.3, 0.4) is 0 Å². The first-order chi connectivity index (χ1) is 5.59. The summed E-state index contributed by atoms with van der Waals surface area (Å²) in [6.07, 6.45) is 0. The molecule has 0 aromatic rings. The molecule has 5 nitrogen and oxygen atoms in total. The van der Waals surface area contributed by atoms with E-state index in [1.165, 1.54) is 7.05 Å². The third-order valence-electron chi connectivity index (χ3n) is 1.57. The number of carbonyl (C=O) groups is 3. The van der Waals surface area contributed by atoms with Crippen molar-refractivity contribution < 1.29 is 14.4 Å².